The molecule has 7 heteroatoms. The third kappa shape index (κ3) is 4.30. The number of hydrogen-bond acceptors (Lipinski definition) is 4. The second-order valence-corrected chi connectivity index (χ2v) is 3.70. The van der Waals surface area contributed by atoms with Crippen molar-refractivity contribution in [1.82, 2.24) is 10.6 Å². The van der Waals surface area contributed by atoms with E-state index in [-0.39, 0.29) is 12.2 Å². The van der Waals surface area contributed by atoms with Crippen LogP contribution in [0, 0.1) is 6.92 Å². The maximum Gasteiger partial charge on any atom is 0.335 e. The molecule has 0 unspecified atom stereocenters. The van der Waals surface area contributed by atoms with Crippen molar-refractivity contribution in [2.75, 3.05) is 13.7 Å². The zero-order chi connectivity index (χ0) is 14.4. The Bertz CT molecular complexity index is 513. The van der Waals surface area contributed by atoms with E-state index >= 15 is 0 Å². The highest BCUT2D eigenvalue weighted by Crippen LogP contribution is 2.18. The van der Waals surface area contributed by atoms with Crippen LogP contribution in [0.1, 0.15) is 15.9 Å². The molecule has 3 amide bonds. The van der Waals surface area contributed by atoms with Crippen LogP contribution in [0.15, 0.2) is 18.2 Å². The largest absolute Gasteiger partial charge is 0.483 e. The van der Waals surface area contributed by atoms with Gasteiger partial charge in [-0.2, -0.15) is 0 Å². The minimum Gasteiger partial charge on any atom is -0.483 e. The number of aryl methyl sites for hydroxylation is 1. The summed E-state index contributed by atoms with van der Waals surface area (Å²) in [5.74, 6) is -1.25. The van der Waals surface area contributed by atoms with E-state index in [0.29, 0.717) is 11.3 Å². The van der Waals surface area contributed by atoms with E-state index in [1.807, 2.05) is 5.32 Å². The molecule has 0 aliphatic heterocycles. The van der Waals surface area contributed by atoms with Crippen LogP contribution in [0.4, 0.5) is 4.79 Å². The minimum atomic E-state index is -1.04. The molecule has 102 valence electrons. The molecule has 7 nitrogen and oxygen atoms in total. The number of aromatic carboxylic acids is 1. The third-order valence-electron chi connectivity index (χ3n) is 2.26. The molecule has 3 N–H and O–H groups in total. The number of carboxylic acids is 1. The quantitative estimate of drug-likeness (QED) is 0.737. The Morgan fingerprint density at radius 2 is 2.00 bits per heavy atom. The van der Waals surface area contributed by atoms with Crippen LogP contribution in [0.25, 0.3) is 0 Å². The zero-order valence-electron chi connectivity index (χ0n) is 10.5. The Hall–Kier alpha value is -2.57. The molecule has 0 aliphatic carbocycles. The number of carboxylic acid groups (broad SMARTS) is 1. The standard InChI is InChI=1S/C12H14N2O5/c1-7-5-8(11(16)17)3-4-9(7)19-6-10(15)14-12(18)13-2/h3-5H,6H2,1-2H3,(H,16,17)(H2,13,14,15,18). The summed E-state index contributed by atoms with van der Waals surface area (Å²) in [6, 6.07) is 3.66. The third-order valence-corrected chi connectivity index (χ3v) is 2.26. The summed E-state index contributed by atoms with van der Waals surface area (Å²) >= 11 is 0. The summed E-state index contributed by atoms with van der Waals surface area (Å²) in [5, 5.41) is 13.1. The normalized spacial score (nSPS) is 9.58. The van der Waals surface area contributed by atoms with Gasteiger partial charge in [-0.15, -0.1) is 0 Å². The average Bonchev–Trinajstić information content (AvgIpc) is 2.36. The smallest absolute Gasteiger partial charge is 0.335 e. The molecule has 0 heterocycles. The van der Waals surface area contributed by atoms with Gasteiger partial charge in [0, 0.05) is 7.05 Å². The maximum atomic E-state index is 11.3. The Labute approximate surface area is 109 Å². The number of carbonyl (C=O) groups is 3. The highest BCUT2D eigenvalue weighted by atomic mass is 16.5. The van der Waals surface area contributed by atoms with Crippen molar-refractivity contribution < 1.29 is 24.2 Å². The van der Waals surface area contributed by atoms with Crippen molar-refractivity contribution in [3.8, 4) is 5.75 Å². The van der Waals surface area contributed by atoms with Crippen LogP contribution in [0.5, 0.6) is 5.75 Å². The molecule has 0 saturated heterocycles. The van der Waals surface area contributed by atoms with Gasteiger partial charge in [0.2, 0.25) is 0 Å². The molecule has 1 rings (SSSR count). The topological polar surface area (TPSA) is 105 Å². The van der Waals surface area contributed by atoms with Crippen molar-refractivity contribution >= 4 is 17.9 Å². The van der Waals surface area contributed by atoms with Gasteiger partial charge in [0.25, 0.3) is 5.91 Å². The van der Waals surface area contributed by atoms with Crippen LogP contribution >= 0.6 is 0 Å². The molecule has 19 heavy (non-hydrogen) atoms. The first-order valence-corrected chi connectivity index (χ1v) is 5.42. The number of amides is 3. The first-order chi connectivity index (χ1) is 8.93. The highest BCUT2D eigenvalue weighted by Gasteiger charge is 2.09. The van der Waals surface area contributed by atoms with Crippen LogP contribution in [0.3, 0.4) is 0 Å². The lowest BCUT2D eigenvalue weighted by atomic mass is 10.1. The Morgan fingerprint density at radius 3 is 2.53 bits per heavy atom. The number of rotatable bonds is 4. The lowest BCUT2D eigenvalue weighted by Crippen LogP contribution is -2.40. The summed E-state index contributed by atoms with van der Waals surface area (Å²) in [5.41, 5.74) is 0.729. The summed E-state index contributed by atoms with van der Waals surface area (Å²) in [6.45, 7) is 1.33. The molecule has 0 spiro atoms. The molecule has 0 aliphatic rings. The number of hydrogen-bond donors (Lipinski definition) is 3. The molecule has 0 saturated carbocycles. The monoisotopic (exact) mass is 266 g/mol. The number of benzene rings is 1. The first-order valence-electron chi connectivity index (χ1n) is 5.42. The fourth-order valence-electron chi connectivity index (χ4n) is 1.31. The average molecular weight is 266 g/mol. The van der Waals surface area contributed by atoms with Crippen LogP contribution in [-0.2, 0) is 4.79 Å². The highest BCUT2D eigenvalue weighted by molar-refractivity contribution is 5.94. The van der Waals surface area contributed by atoms with Gasteiger partial charge in [0.05, 0.1) is 5.56 Å². The van der Waals surface area contributed by atoms with Gasteiger partial charge >= 0.3 is 12.0 Å². The van der Waals surface area contributed by atoms with Crippen LogP contribution in [-0.4, -0.2) is 36.7 Å². The Kier molecular flexibility index (Phi) is 4.87. The summed E-state index contributed by atoms with van der Waals surface area (Å²) in [4.78, 5) is 32.9. The van der Waals surface area contributed by atoms with E-state index in [4.69, 9.17) is 9.84 Å². The van der Waals surface area contributed by atoms with Crippen molar-refractivity contribution in [1.29, 1.82) is 0 Å². The number of ether oxygens (including phenoxy) is 1. The van der Waals surface area contributed by atoms with Gasteiger partial charge in [0.1, 0.15) is 5.75 Å². The number of carbonyl (C=O) groups excluding carboxylic acids is 2. The van der Waals surface area contributed by atoms with E-state index in [2.05, 4.69) is 5.32 Å². The van der Waals surface area contributed by atoms with Gasteiger partial charge in [-0.3, -0.25) is 10.1 Å². The zero-order valence-corrected chi connectivity index (χ0v) is 10.5. The van der Waals surface area contributed by atoms with Crippen molar-refractivity contribution in [3.63, 3.8) is 0 Å². The molecule has 0 bridgehead atoms. The fourth-order valence-corrected chi connectivity index (χ4v) is 1.31. The fraction of sp³-hybridized carbons (Fsp3) is 0.250. The second kappa shape index (κ2) is 6.39. The van der Waals surface area contributed by atoms with E-state index in [1.54, 1.807) is 6.92 Å². The Morgan fingerprint density at radius 1 is 1.32 bits per heavy atom. The molecular formula is C12H14N2O5. The molecule has 0 fully saturated rings. The van der Waals surface area contributed by atoms with Gasteiger partial charge in [-0.25, -0.2) is 9.59 Å². The van der Waals surface area contributed by atoms with Gasteiger partial charge in [0.15, 0.2) is 6.61 Å². The molecule has 1 aromatic carbocycles. The lowest BCUT2D eigenvalue weighted by Gasteiger charge is -2.09. The number of imide groups is 1. The van der Waals surface area contributed by atoms with Crippen LogP contribution in [0.2, 0.25) is 0 Å². The predicted molar refractivity (Wildman–Crippen MR) is 66.2 cm³/mol. The van der Waals surface area contributed by atoms with E-state index < -0.39 is 17.9 Å². The lowest BCUT2D eigenvalue weighted by molar-refractivity contribution is -0.122. The second-order valence-electron chi connectivity index (χ2n) is 3.70. The van der Waals surface area contributed by atoms with Crippen molar-refractivity contribution in [2.24, 2.45) is 0 Å². The molecule has 0 aromatic heterocycles. The van der Waals surface area contributed by atoms with Gasteiger partial charge < -0.3 is 15.2 Å². The molecule has 1 aromatic rings. The maximum absolute atomic E-state index is 11.3. The van der Waals surface area contributed by atoms with Crippen molar-refractivity contribution in [3.05, 3.63) is 29.3 Å². The SMILES string of the molecule is CNC(=O)NC(=O)COc1ccc(C(=O)O)cc1C. The van der Waals surface area contributed by atoms with E-state index in [1.165, 1.54) is 25.2 Å². The molecule has 0 atom stereocenters. The van der Waals surface area contributed by atoms with E-state index in [9.17, 15) is 14.4 Å². The predicted octanol–water partition coefficient (Wildman–Crippen LogP) is 0.528. The first kappa shape index (κ1) is 14.5. The number of nitrogens with one attached hydrogen (secondary N) is 2. The van der Waals surface area contributed by atoms with Gasteiger partial charge in [-0.1, -0.05) is 0 Å². The van der Waals surface area contributed by atoms with Crippen molar-refractivity contribution in [2.45, 2.75) is 6.92 Å². The van der Waals surface area contributed by atoms with Crippen LogP contribution < -0.4 is 15.4 Å². The number of urea groups is 1. The Balaban J connectivity index is 2.61. The minimum absolute atomic E-state index is 0.139. The summed E-state index contributed by atoms with van der Waals surface area (Å²) in [7, 11) is 1.39. The van der Waals surface area contributed by atoms with E-state index in [0.717, 1.165) is 0 Å². The van der Waals surface area contributed by atoms with Gasteiger partial charge in [-0.05, 0) is 30.7 Å². The summed E-state index contributed by atoms with van der Waals surface area (Å²) < 4.78 is 5.19. The molecule has 0 radical (unpaired) electrons. The molecular weight excluding hydrogens is 252 g/mol. The summed E-state index contributed by atoms with van der Waals surface area (Å²) in [6.07, 6.45) is 0.